The number of rotatable bonds is 10. The fraction of sp³-hybridized carbons (Fsp3) is 0.368. The normalized spacial score (nSPS) is 12.0. The summed E-state index contributed by atoms with van der Waals surface area (Å²) < 4.78 is 15.3. The first-order chi connectivity index (χ1) is 12.1. The molecule has 6 heteroatoms. The molecular weight excluding hydrogens is 324 g/mol. The van der Waals surface area contributed by atoms with Gasteiger partial charge in [0.1, 0.15) is 6.61 Å². The number of methoxy groups -OCH3 is 1. The SMILES string of the molecule is COCCOCCC(C(=O)O)C(=O)OCc1cccc2ccccc12. The minimum Gasteiger partial charge on any atom is -0.481 e. The smallest absolute Gasteiger partial charge is 0.320 e. The summed E-state index contributed by atoms with van der Waals surface area (Å²) in [5.41, 5.74) is 0.840. The maximum atomic E-state index is 12.1. The van der Waals surface area contributed by atoms with Crippen LogP contribution in [0.2, 0.25) is 0 Å². The Hall–Kier alpha value is -2.44. The number of hydrogen-bond acceptors (Lipinski definition) is 5. The predicted octanol–water partition coefficient (Wildman–Crippen LogP) is 2.64. The Morgan fingerprint density at radius 2 is 1.80 bits per heavy atom. The Morgan fingerprint density at radius 3 is 2.56 bits per heavy atom. The van der Waals surface area contributed by atoms with Gasteiger partial charge in [0.05, 0.1) is 13.2 Å². The van der Waals surface area contributed by atoms with Crippen LogP contribution in [0.25, 0.3) is 10.8 Å². The highest BCUT2D eigenvalue weighted by Crippen LogP contribution is 2.20. The van der Waals surface area contributed by atoms with Gasteiger partial charge < -0.3 is 19.3 Å². The molecule has 0 saturated heterocycles. The fourth-order valence-electron chi connectivity index (χ4n) is 2.46. The van der Waals surface area contributed by atoms with Gasteiger partial charge in [0.15, 0.2) is 5.92 Å². The van der Waals surface area contributed by atoms with E-state index in [0.29, 0.717) is 13.2 Å². The van der Waals surface area contributed by atoms with Gasteiger partial charge in [0.2, 0.25) is 0 Å². The molecular formula is C19H22O6. The van der Waals surface area contributed by atoms with E-state index in [1.54, 1.807) is 7.11 Å². The van der Waals surface area contributed by atoms with Gasteiger partial charge in [0.25, 0.3) is 0 Å². The standard InChI is InChI=1S/C19H22O6/c1-23-11-12-24-10-9-17(18(20)21)19(22)25-13-15-7-4-6-14-5-2-3-8-16(14)15/h2-8,17H,9-13H2,1H3,(H,20,21). The average Bonchev–Trinajstić information content (AvgIpc) is 2.62. The number of carbonyl (C=O) groups excluding carboxylic acids is 1. The third-order valence-electron chi connectivity index (χ3n) is 3.82. The summed E-state index contributed by atoms with van der Waals surface area (Å²) in [5.74, 6) is -3.20. The van der Waals surface area contributed by atoms with Crippen molar-refractivity contribution in [2.24, 2.45) is 5.92 Å². The summed E-state index contributed by atoms with van der Waals surface area (Å²) in [4.78, 5) is 23.4. The minimum atomic E-state index is -1.24. The molecule has 0 fully saturated rings. The quantitative estimate of drug-likeness (QED) is 0.405. The average molecular weight is 346 g/mol. The van der Waals surface area contributed by atoms with Crippen molar-refractivity contribution in [2.75, 3.05) is 26.9 Å². The zero-order valence-corrected chi connectivity index (χ0v) is 14.1. The molecule has 0 bridgehead atoms. The van der Waals surface area contributed by atoms with Crippen LogP contribution in [-0.2, 0) is 30.4 Å². The lowest BCUT2D eigenvalue weighted by Gasteiger charge is -2.13. The molecule has 0 aromatic heterocycles. The molecule has 25 heavy (non-hydrogen) atoms. The number of carboxylic acids is 1. The third kappa shape index (κ3) is 5.55. The number of esters is 1. The Morgan fingerprint density at radius 1 is 1.04 bits per heavy atom. The maximum Gasteiger partial charge on any atom is 0.320 e. The van der Waals surface area contributed by atoms with Gasteiger partial charge in [-0.2, -0.15) is 0 Å². The molecule has 0 spiro atoms. The van der Waals surface area contributed by atoms with Gasteiger partial charge in [-0.05, 0) is 22.8 Å². The van der Waals surface area contributed by atoms with Crippen molar-refractivity contribution >= 4 is 22.7 Å². The van der Waals surface area contributed by atoms with Gasteiger partial charge in [-0.25, -0.2) is 0 Å². The molecule has 1 atom stereocenters. The van der Waals surface area contributed by atoms with Crippen LogP contribution in [0, 0.1) is 5.92 Å². The Balaban J connectivity index is 1.93. The van der Waals surface area contributed by atoms with Crippen molar-refractivity contribution in [3.8, 4) is 0 Å². The molecule has 0 aliphatic carbocycles. The lowest BCUT2D eigenvalue weighted by atomic mass is 10.0. The summed E-state index contributed by atoms with van der Waals surface area (Å²) in [7, 11) is 1.55. The second kappa shape index (κ2) is 9.76. The molecule has 0 radical (unpaired) electrons. The second-order valence-corrected chi connectivity index (χ2v) is 5.53. The van der Waals surface area contributed by atoms with E-state index in [1.807, 2.05) is 42.5 Å². The first-order valence-electron chi connectivity index (χ1n) is 8.06. The summed E-state index contributed by atoms with van der Waals surface area (Å²) in [5, 5.41) is 11.3. The van der Waals surface area contributed by atoms with Gasteiger partial charge in [-0.3, -0.25) is 9.59 Å². The van der Waals surface area contributed by atoms with Crippen LogP contribution in [0.4, 0.5) is 0 Å². The Bertz CT molecular complexity index is 707. The van der Waals surface area contributed by atoms with E-state index in [9.17, 15) is 14.7 Å². The van der Waals surface area contributed by atoms with Crippen LogP contribution in [0.15, 0.2) is 42.5 Å². The summed E-state index contributed by atoms with van der Waals surface area (Å²) in [6, 6.07) is 13.5. The van der Waals surface area contributed by atoms with Gasteiger partial charge in [-0.1, -0.05) is 42.5 Å². The largest absolute Gasteiger partial charge is 0.481 e. The molecule has 0 aliphatic rings. The predicted molar refractivity (Wildman–Crippen MR) is 92.2 cm³/mol. The molecule has 2 aromatic rings. The lowest BCUT2D eigenvalue weighted by Crippen LogP contribution is -2.27. The maximum absolute atomic E-state index is 12.1. The third-order valence-corrected chi connectivity index (χ3v) is 3.82. The zero-order valence-electron chi connectivity index (χ0n) is 14.1. The molecule has 6 nitrogen and oxygen atoms in total. The van der Waals surface area contributed by atoms with Crippen LogP contribution < -0.4 is 0 Å². The van der Waals surface area contributed by atoms with Crippen molar-refractivity contribution in [1.82, 2.24) is 0 Å². The van der Waals surface area contributed by atoms with Gasteiger partial charge >= 0.3 is 11.9 Å². The first-order valence-corrected chi connectivity index (χ1v) is 8.06. The van der Waals surface area contributed by atoms with Crippen LogP contribution in [0.5, 0.6) is 0 Å². The second-order valence-electron chi connectivity index (χ2n) is 5.53. The van der Waals surface area contributed by atoms with Crippen molar-refractivity contribution in [3.63, 3.8) is 0 Å². The number of fused-ring (bicyclic) bond motifs is 1. The van der Waals surface area contributed by atoms with E-state index in [1.165, 1.54) is 0 Å². The van der Waals surface area contributed by atoms with Crippen molar-refractivity contribution in [3.05, 3.63) is 48.0 Å². The first kappa shape index (κ1) is 18.9. The molecule has 2 aromatic carbocycles. The molecule has 1 N–H and O–H groups in total. The van der Waals surface area contributed by atoms with E-state index in [-0.39, 0.29) is 19.6 Å². The number of ether oxygens (including phenoxy) is 3. The molecule has 2 rings (SSSR count). The molecule has 0 amide bonds. The number of carbonyl (C=O) groups is 2. The van der Waals surface area contributed by atoms with E-state index in [2.05, 4.69) is 0 Å². The molecule has 0 heterocycles. The number of carboxylic acid groups (broad SMARTS) is 1. The molecule has 1 unspecified atom stereocenters. The Labute approximate surface area is 146 Å². The van der Waals surface area contributed by atoms with Crippen molar-refractivity contribution in [2.45, 2.75) is 13.0 Å². The highest BCUT2D eigenvalue weighted by atomic mass is 16.5. The molecule has 134 valence electrons. The monoisotopic (exact) mass is 346 g/mol. The number of hydrogen-bond donors (Lipinski definition) is 1. The van der Waals surface area contributed by atoms with Crippen molar-refractivity contribution in [1.29, 1.82) is 0 Å². The molecule has 0 aliphatic heterocycles. The van der Waals surface area contributed by atoms with Gasteiger partial charge in [-0.15, -0.1) is 0 Å². The summed E-state index contributed by atoms with van der Waals surface area (Å²) in [6.45, 7) is 0.968. The van der Waals surface area contributed by atoms with E-state index in [0.717, 1.165) is 16.3 Å². The minimum absolute atomic E-state index is 0.0362. The van der Waals surface area contributed by atoms with Crippen molar-refractivity contribution < 1.29 is 28.9 Å². The summed E-state index contributed by atoms with van der Waals surface area (Å²) in [6.07, 6.45) is 0.0629. The Kier molecular flexibility index (Phi) is 7.37. The van der Waals surface area contributed by atoms with Crippen LogP contribution in [0.3, 0.4) is 0 Å². The van der Waals surface area contributed by atoms with E-state index >= 15 is 0 Å². The lowest BCUT2D eigenvalue weighted by molar-refractivity contribution is -0.160. The number of aliphatic carboxylic acids is 1. The van der Waals surface area contributed by atoms with Crippen LogP contribution in [0.1, 0.15) is 12.0 Å². The highest BCUT2D eigenvalue weighted by Gasteiger charge is 2.27. The fourth-order valence-corrected chi connectivity index (χ4v) is 2.46. The zero-order chi connectivity index (χ0) is 18.1. The molecule has 0 saturated carbocycles. The van der Waals surface area contributed by atoms with E-state index < -0.39 is 17.9 Å². The topological polar surface area (TPSA) is 82.1 Å². The number of benzene rings is 2. The van der Waals surface area contributed by atoms with Crippen LogP contribution >= 0.6 is 0 Å². The van der Waals surface area contributed by atoms with E-state index in [4.69, 9.17) is 14.2 Å². The highest BCUT2D eigenvalue weighted by molar-refractivity contribution is 5.94. The van der Waals surface area contributed by atoms with Crippen LogP contribution in [-0.4, -0.2) is 44.0 Å². The van der Waals surface area contributed by atoms with Gasteiger partial charge in [0, 0.05) is 13.7 Å². The summed E-state index contributed by atoms with van der Waals surface area (Å²) >= 11 is 0.